The van der Waals surface area contributed by atoms with Gasteiger partial charge in [0.25, 0.3) is 11.8 Å². The summed E-state index contributed by atoms with van der Waals surface area (Å²) in [5.74, 6) is -2.90. The molecule has 25 heavy (non-hydrogen) atoms. The Bertz CT molecular complexity index is 781. The number of carbonyl (C=O) groups is 3. The van der Waals surface area contributed by atoms with Gasteiger partial charge in [0.2, 0.25) is 5.91 Å². The minimum absolute atomic E-state index is 0.0128. The summed E-state index contributed by atoms with van der Waals surface area (Å²) in [6.45, 7) is -0.453. The van der Waals surface area contributed by atoms with Crippen molar-refractivity contribution < 1.29 is 27.2 Å². The predicted octanol–water partition coefficient (Wildman–Crippen LogP) is -0.472. The standard InChI is InChI=1S/C15H18FN3O5S/c16-12-4-2-1-3-11(12)15(22)17-8-14(21)19-18-13(20)7-10-5-6-25(23,24)9-10/h1-4,10H,5-9H2,(H,17,22)(H,18,20)(H,19,21). The molecule has 0 aromatic heterocycles. The molecule has 1 aromatic rings. The molecule has 1 saturated heterocycles. The molecule has 1 heterocycles. The molecule has 0 aliphatic carbocycles. The molecular formula is C15H18FN3O5S. The molecule has 0 radical (unpaired) electrons. The Morgan fingerprint density at radius 2 is 1.80 bits per heavy atom. The first-order chi connectivity index (χ1) is 11.8. The molecule has 1 atom stereocenters. The maximum absolute atomic E-state index is 13.4. The van der Waals surface area contributed by atoms with E-state index in [0.29, 0.717) is 6.42 Å². The summed E-state index contributed by atoms with van der Waals surface area (Å²) in [7, 11) is -3.07. The lowest BCUT2D eigenvalue weighted by molar-refractivity contribution is -0.128. The molecule has 1 aliphatic rings. The van der Waals surface area contributed by atoms with Crippen LogP contribution in [0.3, 0.4) is 0 Å². The quantitative estimate of drug-likeness (QED) is 0.604. The molecule has 0 saturated carbocycles. The van der Waals surface area contributed by atoms with Gasteiger partial charge in [0.1, 0.15) is 5.82 Å². The van der Waals surface area contributed by atoms with Gasteiger partial charge in [-0.25, -0.2) is 12.8 Å². The van der Waals surface area contributed by atoms with E-state index < -0.39 is 39.9 Å². The van der Waals surface area contributed by atoms with Crippen LogP contribution in [0.1, 0.15) is 23.2 Å². The number of hydrazine groups is 1. The first-order valence-corrected chi connectivity index (χ1v) is 9.40. The highest BCUT2D eigenvalue weighted by atomic mass is 32.2. The van der Waals surface area contributed by atoms with Gasteiger partial charge in [-0.1, -0.05) is 12.1 Å². The van der Waals surface area contributed by atoms with E-state index in [9.17, 15) is 27.2 Å². The van der Waals surface area contributed by atoms with E-state index in [-0.39, 0.29) is 29.4 Å². The van der Waals surface area contributed by atoms with E-state index in [2.05, 4.69) is 16.2 Å². The first kappa shape index (κ1) is 18.8. The molecule has 1 aromatic carbocycles. The van der Waals surface area contributed by atoms with Crippen molar-refractivity contribution in [2.45, 2.75) is 12.8 Å². The van der Waals surface area contributed by atoms with E-state index in [4.69, 9.17) is 0 Å². The fourth-order valence-electron chi connectivity index (χ4n) is 2.43. The number of benzene rings is 1. The molecule has 1 unspecified atom stereocenters. The Kier molecular flexibility index (Phi) is 6.07. The van der Waals surface area contributed by atoms with Crippen LogP contribution in [0.2, 0.25) is 0 Å². The molecule has 0 bridgehead atoms. The van der Waals surface area contributed by atoms with Crippen LogP contribution in [0.25, 0.3) is 0 Å². The van der Waals surface area contributed by atoms with Crippen molar-refractivity contribution >= 4 is 27.6 Å². The van der Waals surface area contributed by atoms with Gasteiger partial charge in [-0.2, -0.15) is 0 Å². The van der Waals surface area contributed by atoms with E-state index in [1.54, 1.807) is 0 Å². The van der Waals surface area contributed by atoms with Gasteiger partial charge in [0.15, 0.2) is 9.84 Å². The summed E-state index contributed by atoms with van der Waals surface area (Å²) >= 11 is 0. The Hall–Kier alpha value is -2.49. The topological polar surface area (TPSA) is 121 Å². The highest BCUT2D eigenvalue weighted by Crippen LogP contribution is 2.21. The molecular weight excluding hydrogens is 353 g/mol. The maximum Gasteiger partial charge on any atom is 0.257 e. The lowest BCUT2D eigenvalue weighted by Gasteiger charge is -2.10. The summed E-state index contributed by atoms with van der Waals surface area (Å²) < 4.78 is 36.0. The smallest absolute Gasteiger partial charge is 0.257 e. The summed E-state index contributed by atoms with van der Waals surface area (Å²) in [5.41, 5.74) is 4.06. The predicted molar refractivity (Wildman–Crippen MR) is 86.4 cm³/mol. The van der Waals surface area contributed by atoms with E-state index >= 15 is 0 Å². The van der Waals surface area contributed by atoms with Crippen LogP contribution in [0.15, 0.2) is 24.3 Å². The van der Waals surface area contributed by atoms with Gasteiger partial charge in [0, 0.05) is 6.42 Å². The lowest BCUT2D eigenvalue weighted by atomic mass is 10.1. The van der Waals surface area contributed by atoms with Crippen LogP contribution in [-0.4, -0.2) is 44.2 Å². The van der Waals surface area contributed by atoms with Gasteiger partial charge >= 0.3 is 0 Å². The van der Waals surface area contributed by atoms with Crippen LogP contribution in [0, 0.1) is 11.7 Å². The minimum atomic E-state index is -3.07. The number of hydrogen-bond donors (Lipinski definition) is 3. The van der Waals surface area contributed by atoms with Gasteiger partial charge < -0.3 is 5.32 Å². The fourth-order valence-corrected chi connectivity index (χ4v) is 4.29. The third-order valence-corrected chi connectivity index (χ3v) is 5.51. The number of amides is 3. The molecule has 1 fully saturated rings. The number of nitrogens with one attached hydrogen (secondary N) is 3. The molecule has 2 rings (SSSR count). The average Bonchev–Trinajstić information content (AvgIpc) is 2.89. The lowest BCUT2D eigenvalue weighted by Crippen LogP contribution is -2.46. The molecule has 3 amide bonds. The van der Waals surface area contributed by atoms with Crippen molar-refractivity contribution in [2.75, 3.05) is 18.1 Å². The Morgan fingerprint density at radius 3 is 2.44 bits per heavy atom. The van der Waals surface area contributed by atoms with E-state index in [1.165, 1.54) is 18.2 Å². The Labute approximate surface area is 144 Å². The number of sulfone groups is 1. The summed E-state index contributed by atoms with van der Waals surface area (Å²) in [6, 6.07) is 5.32. The second-order valence-electron chi connectivity index (χ2n) is 5.73. The van der Waals surface area contributed by atoms with Crippen molar-refractivity contribution in [3.8, 4) is 0 Å². The van der Waals surface area contributed by atoms with Gasteiger partial charge in [-0.3, -0.25) is 25.2 Å². The zero-order valence-electron chi connectivity index (χ0n) is 13.2. The normalized spacial score (nSPS) is 18.4. The van der Waals surface area contributed by atoms with Crippen molar-refractivity contribution in [1.29, 1.82) is 0 Å². The number of hydrogen-bond acceptors (Lipinski definition) is 5. The monoisotopic (exact) mass is 371 g/mol. The zero-order chi connectivity index (χ0) is 18.4. The number of halogens is 1. The van der Waals surface area contributed by atoms with Crippen LogP contribution >= 0.6 is 0 Å². The van der Waals surface area contributed by atoms with Gasteiger partial charge in [-0.05, 0) is 24.5 Å². The highest BCUT2D eigenvalue weighted by molar-refractivity contribution is 7.91. The van der Waals surface area contributed by atoms with Crippen molar-refractivity contribution in [3.63, 3.8) is 0 Å². The zero-order valence-corrected chi connectivity index (χ0v) is 14.1. The van der Waals surface area contributed by atoms with Crippen molar-refractivity contribution in [1.82, 2.24) is 16.2 Å². The minimum Gasteiger partial charge on any atom is -0.343 e. The molecule has 0 spiro atoms. The molecule has 8 nitrogen and oxygen atoms in total. The molecule has 1 aliphatic heterocycles. The Balaban J connectivity index is 1.69. The SMILES string of the molecule is O=C(CNC(=O)c1ccccc1F)NNC(=O)CC1CCS(=O)(=O)C1. The van der Waals surface area contributed by atoms with Crippen LogP contribution in [0.5, 0.6) is 0 Å². The third-order valence-electron chi connectivity index (χ3n) is 3.67. The van der Waals surface area contributed by atoms with Crippen LogP contribution in [-0.2, 0) is 19.4 Å². The number of carbonyl (C=O) groups excluding carboxylic acids is 3. The largest absolute Gasteiger partial charge is 0.343 e. The van der Waals surface area contributed by atoms with E-state index in [0.717, 1.165) is 6.07 Å². The van der Waals surface area contributed by atoms with Crippen molar-refractivity contribution in [3.05, 3.63) is 35.6 Å². The first-order valence-electron chi connectivity index (χ1n) is 7.57. The second-order valence-corrected chi connectivity index (χ2v) is 7.96. The van der Waals surface area contributed by atoms with Gasteiger partial charge in [0.05, 0.1) is 23.6 Å². The van der Waals surface area contributed by atoms with Crippen LogP contribution in [0.4, 0.5) is 4.39 Å². The van der Waals surface area contributed by atoms with Crippen LogP contribution < -0.4 is 16.2 Å². The second kappa shape index (κ2) is 8.06. The molecule has 3 N–H and O–H groups in total. The van der Waals surface area contributed by atoms with Gasteiger partial charge in [-0.15, -0.1) is 0 Å². The maximum atomic E-state index is 13.4. The Morgan fingerprint density at radius 1 is 1.12 bits per heavy atom. The average molecular weight is 371 g/mol. The summed E-state index contributed by atoms with van der Waals surface area (Å²) in [5, 5.41) is 2.23. The fraction of sp³-hybridized carbons (Fsp3) is 0.400. The summed E-state index contributed by atoms with van der Waals surface area (Å²) in [4.78, 5) is 35.0. The van der Waals surface area contributed by atoms with Crippen molar-refractivity contribution in [2.24, 2.45) is 5.92 Å². The highest BCUT2D eigenvalue weighted by Gasteiger charge is 2.29. The molecule has 10 heteroatoms. The summed E-state index contributed by atoms with van der Waals surface area (Å²) in [6.07, 6.45) is 0.406. The number of rotatable bonds is 5. The van der Waals surface area contributed by atoms with E-state index in [1.807, 2.05) is 0 Å². The molecule has 136 valence electrons. The third kappa shape index (κ3) is 5.82.